The molecule has 3 fully saturated rings. The number of halogens is 2. The molecule has 8 atom stereocenters. The van der Waals surface area contributed by atoms with Crippen molar-refractivity contribution in [2.24, 2.45) is 28.6 Å². The second kappa shape index (κ2) is 10.4. The van der Waals surface area contributed by atoms with Crippen LogP contribution in [0.2, 0.25) is 0 Å². The standard InChI is InChI=1S/C22H29FO5.C5H10O2.FH/c1-12-8-16-15-5-4-13-9-14(25)6-7-19(13,2)21(15,23)17(26)10-20(16,3)22(12,28)18(27)11-24;1-2-3-4-5(6)7;/h6-7,9,12,15-17,24,26,28H,4-5,8,10-11H2,1-3H3;2-4H2,1H3,(H,6,7);1H/t12-,15-,16-,17-,19-,20-,21-,22-;;/m0../s1. The lowest BCUT2D eigenvalue weighted by atomic mass is 9.44. The molecule has 4 rings (SSSR count). The average Bonchev–Trinajstić information content (AvgIpc) is 3.00. The molecule has 4 aliphatic rings. The van der Waals surface area contributed by atoms with E-state index in [-0.39, 0.29) is 22.8 Å². The molecule has 0 heterocycles. The molecule has 9 heteroatoms. The highest BCUT2D eigenvalue weighted by Crippen LogP contribution is 2.70. The number of aliphatic hydroxyl groups excluding tert-OH is 2. The Bertz CT molecular complexity index is 948. The van der Waals surface area contributed by atoms with Crippen molar-refractivity contribution in [1.29, 1.82) is 0 Å². The number of aliphatic hydroxyl groups is 3. The average molecular weight is 515 g/mol. The van der Waals surface area contributed by atoms with Crippen molar-refractivity contribution in [2.75, 3.05) is 6.61 Å². The summed E-state index contributed by atoms with van der Waals surface area (Å²) < 4.78 is 16.9. The van der Waals surface area contributed by atoms with Gasteiger partial charge in [0.1, 0.15) is 12.2 Å². The van der Waals surface area contributed by atoms with Gasteiger partial charge in [-0.05, 0) is 63.0 Å². The van der Waals surface area contributed by atoms with Crippen LogP contribution < -0.4 is 0 Å². The fourth-order valence-electron chi connectivity index (χ4n) is 7.59. The number of rotatable bonds is 5. The zero-order chi connectivity index (χ0) is 26.4. The summed E-state index contributed by atoms with van der Waals surface area (Å²) in [6.45, 7) is 6.45. The number of carbonyl (C=O) groups is 3. The normalized spacial score (nSPS) is 42.6. The molecular formula is C27H40F2O7. The zero-order valence-corrected chi connectivity index (χ0v) is 21.5. The monoisotopic (exact) mass is 514 g/mol. The molecule has 0 spiro atoms. The van der Waals surface area contributed by atoms with Crippen molar-refractivity contribution >= 4 is 17.5 Å². The van der Waals surface area contributed by atoms with Gasteiger partial charge in [-0.2, -0.15) is 0 Å². The van der Waals surface area contributed by atoms with Crippen molar-refractivity contribution in [1.82, 2.24) is 0 Å². The summed E-state index contributed by atoms with van der Waals surface area (Å²) >= 11 is 0. The maximum absolute atomic E-state index is 16.9. The van der Waals surface area contributed by atoms with Crippen LogP contribution in [0.25, 0.3) is 0 Å². The molecule has 4 N–H and O–H groups in total. The number of fused-ring (bicyclic) bond motifs is 5. The van der Waals surface area contributed by atoms with Gasteiger partial charge in [0.25, 0.3) is 0 Å². The van der Waals surface area contributed by atoms with Crippen molar-refractivity contribution < 1.29 is 43.9 Å². The van der Waals surface area contributed by atoms with Gasteiger partial charge in [-0.3, -0.25) is 19.1 Å². The van der Waals surface area contributed by atoms with E-state index in [1.165, 1.54) is 12.2 Å². The van der Waals surface area contributed by atoms with Gasteiger partial charge in [-0.15, -0.1) is 0 Å². The highest BCUT2D eigenvalue weighted by Gasteiger charge is 2.75. The molecule has 0 radical (unpaired) electrons. The molecule has 36 heavy (non-hydrogen) atoms. The van der Waals surface area contributed by atoms with Gasteiger partial charge in [0.05, 0.1) is 6.10 Å². The van der Waals surface area contributed by atoms with Crippen LogP contribution in [0, 0.1) is 28.6 Å². The van der Waals surface area contributed by atoms with Crippen LogP contribution in [0.15, 0.2) is 23.8 Å². The van der Waals surface area contributed by atoms with E-state index in [0.29, 0.717) is 31.3 Å². The Morgan fingerprint density at radius 3 is 2.39 bits per heavy atom. The van der Waals surface area contributed by atoms with Gasteiger partial charge >= 0.3 is 5.97 Å². The molecule has 3 saturated carbocycles. The van der Waals surface area contributed by atoms with Crippen molar-refractivity contribution in [2.45, 2.75) is 90.0 Å². The highest BCUT2D eigenvalue weighted by molar-refractivity contribution is 6.01. The first-order valence-corrected chi connectivity index (χ1v) is 12.6. The minimum absolute atomic E-state index is 0. The Morgan fingerprint density at radius 2 is 1.86 bits per heavy atom. The Morgan fingerprint density at radius 1 is 1.22 bits per heavy atom. The van der Waals surface area contributed by atoms with Crippen molar-refractivity contribution in [3.8, 4) is 0 Å². The quantitative estimate of drug-likeness (QED) is 0.443. The van der Waals surface area contributed by atoms with Crippen molar-refractivity contribution in [3.05, 3.63) is 23.8 Å². The van der Waals surface area contributed by atoms with Gasteiger partial charge in [0.2, 0.25) is 0 Å². The minimum atomic E-state index is -1.98. The number of aliphatic carboxylic acids is 1. The molecule has 7 nitrogen and oxygen atoms in total. The Hall–Kier alpha value is -1.97. The van der Waals surface area contributed by atoms with E-state index < -0.39 is 58.4 Å². The third-order valence-electron chi connectivity index (χ3n) is 9.54. The Balaban J connectivity index is 0.000000503. The molecule has 0 aromatic rings. The molecule has 0 aliphatic heterocycles. The fraction of sp³-hybridized carbons (Fsp3) is 0.741. The largest absolute Gasteiger partial charge is 0.481 e. The number of Topliss-reactive ketones (excluding diaryl/α,β-unsaturated/α-hetero) is 1. The number of alkyl halides is 1. The molecule has 0 aromatic carbocycles. The molecular weight excluding hydrogens is 474 g/mol. The van der Waals surface area contributed by atoms with E-state index in [0.717, 1.165) is 12.8 Å². The van der Waals surface area contributed by atoms with E-state index in [1.807, 2.05) is 6.92 Å². The number of carboxylic acids is 1. The first-order chi connectivity index (χ1) is 16.2. The number of unbranched alkanes of at least 4 members (excludes halogenated alkanes) is 1. The first kappa shape index (κ1) is 30.3. The van der Waals surface area contributed by atoms with Gasteiger partial charge in [0, 0.05) is 23.2 Å². The van der Waals surface area contributed by atoms with E-state index in [4.69, 9.17) is 5.11 Å². The predicted octanol–water partition coefficient (Wildman–Crippen LogP) is 3.31. The highest BCUT2D eigenvalue weighted by atomic mass is 19.1. The lowest BCUT2D eigenvalue weighted by Crippen LogP contribution is -2.69. The molecule has 0 unspecified atom stereocenters. The lowest BCUT2D eigenvalue weighted by molar-refractivity contribution is -0.219. The maximum Gasteiger partial charge on any atom is 0.303 e. The van der Waals surface area contributed by atoms with E-state index in [1.54, 1.807) is 26.8 Å². The first-order valence-electron chi connectivity index (χ1n) is 12.6. The summed E-state index contributed by atoms with van der Waals surface area (Å²) in [5, 5.41) is 40.0. The third kappa shape index (κ3) is 4.17. The SMILES string of the molecule is CCCCC(=O)O.C[C@H]1C[C@H]2[C@@H]3CCC4=CC(=O)C=C[C@]4(C)[C@@]3(F)[C@@H](O)C[C@]2(C)[C@@]1(O)C(=O)CO.F. The number of carbonyl (C=O) groups excluding carboxylic acids is 2. The summed E-state index contributed by atoms with van der Waals surface area (Å²) in [5.41, 5.74) is -5.17. The molecule has 0 bridgehead atoms. The Labute approximate surface area is 210 Å². The molecule has 0 aromatic heterocycles. The minimum Gasteiger partial charge on any atom is -0.481 e. The number of hydrogen-bond acceptors (Lipinski definition) is 6. The number of hydrogen-bond donors (Lipinski definition) is 4. The Kier molecular flexibility index (Phi) is 8.76. The van der Waals surface area contributed by atoms with Gasteiger partial charge in [-0.1, -0.05) is 38.8 Å². The summed E-state index contributed by atoms with van der Waals surface area (Å²) in [7, 11) is 0. The van der Waals surface area contributed by atoms with E-state index in [9.17, 15) is 29.7 Å². The smallest absolute Gasteiger partial charge is 0.303 e. The van der Waals surface area contributed by atoms with Crippen molar-refractivity contribution in [3.63, 3.8) is 0 Å². The molecule has 4 aliphatic carbocycles. The topological polar surface area (TPSA) is 132 Å². The zero-order valence-electron chi connectivity index (χ0n) is 21.5. The fourth-order valence-corrected chi connectivity index (χ4v) is 7.59. The van der Waals surface area contributed by atoms with Crippen LogP contribution in [-0.2, 0) is 14.4 Å². The van der Waals surface area contributed by atoms with Gasteiger partial charge < -0.3 is 20.4 Å². The number of carboxylic acid groups (broad SMARTS) is 1. The van der Waals surface area contributed by atoms with Crippen LogP contribution >= 0.6 is 0 Å². The van der Waals surface area contributed by atoms with Crippen LogP contribution in [0.1, 0.15) is 72.6 Å². The van der Waals surface area contributed by atoms with E-state index in [2.05, 4.69) is 0 Å². The van der Waals surface area contributed by atoms with Gasteiger partial charge in [-0.25, -0.2) is 4.39 Å². The predicted molar refractivity (Wildman–Crippen MR) is 130 cm³/mol. The number of allylic oxidation sites excluding steroid dienone is 4. The van der Waals surface area contributed by atoms with Crippen LogP contribution in [0.4, 0.5) is 9.09 Å². The van der Waals surface area contributed by atoms with Gasteiger partial charge in [0.15, 0.2) is 17.2 Å². The number of ketones is 2. The summed E-state index contributed by atoms with van der Waals surface area (Å²) in [6, 6.07) is 0. The second-order valence-corrected chi connectivity index (χ2v) is 11.2. The summed E-state index contributed by atoms with van der Waals surface area (Å²) in [6.07, 6.45) is 6.52. The van der Waals surface area contributed by atoms with E-state index >= 15 is 4.39 Å². The van der Waals surface area contributed by atoms with Crippen LogP contribution in [-0.4, -0.2) is 61.9 Å². The maximum atomic E-state index is 16.9. The third-order valence-corrected chi connectivity index (χ3v) is 9.54. The lowest BCUT2D eigenvalue weighted by Gasteiger charge is -2.62. The summed E-state index contributed by atoms with van der Waals surface area (Å²) in [5.74, 6) is -2.81. The molecule has 0 amide bonds. The molecule has 204 valence electrons. The summed E-state index contributed by atoms with van der Waals surface area (Å²) in [4.78, 5) is 34.1. The second-order valence-electron chi connectivity index (χ2n) is 11.2. The van der Waals surface area contributed by atoms with Crippen LogP contribution in [0.5, 0.6) is 0 Å². The van der Waals surface area contributed by atoms with Crippen LogP contribution in [0.3, 0.4) is 0 Å². The molecule has 0 saturated heterocycles.